The molecule has 64 valence electrons. The van der Waals surface area contributed by atoms with E-state index >= 15 is 0 Å². The van der Waals surface area contributed by atoms with Crippen LogP contribution in [0.2, 0.25) is 0 Å². The van der Waals surface area contributed by atoms with E-state index in [-0.39, 0.29) is 6.54 Å². The fourth-order valence-corrected chi connectivity index (χ4v) is 0.999. The molecule has 0 spiro atoms. The summed E-state index contributed by atoms with van der Waals surface area (Å²) in [4.78, 5) is 14.7. The van der Waals surface area contributed by atoms with Gasteiger partial charge in [0.15, 0.2) is 0 Å². The molecular weight excluding hydrogens is 154 g/mol. The summed E-state index contributed by atoms with van der Waals surface area (Å²) in [6.07, 6.45) is 3.24. The first-order valence-electron chi connectivity index (χ1n) is 3.65. The van der Waals surface area contributed by atoms with Crippen LogP contribution in [0.5, 0.6) is 0 Å². The first kappa shape index (κ1) is 8.67. The molecule has 0 bridgehead atoms. The monoisotopic (exact) mass is 165 g/mol. The standard InChI is InChI=1S/C8H11N3O/c9-4-7(8(10)12)6-2-1-3-11-5-6/h1-3,5,7H,4,9H2,(H2,10,12). The Morgan fingerprint density at radius 1 is 1.67 bits per heavy atom. The van der Waals surface area contributed by atoms with Crippen molar-refractivity contribution in [3.05, 3.63) is 30.1 Å². The Balaban J connectivity index is 2.88. The second kappa shape index (κ2) is 3.82. The molecule has 1 atom stereocenters. The first-order chi connectivity index (χ1) is 5.75. The number of carbonyl (C=O) groups excluding carboxylic acids is 1. The smallest absolute Gasteiger partial charge is 0.226 e. The molecule has 4 heteroatoms. The lowest BCUT2D eigenvalue weighted by Gasteiger charge is -2.09. The fraction of sp³-hybridized carbons (Fsp3) is 0.250. The Morgan fingerprint density at radius 3 is 2.83 bits per heavy atom. The molecule has 4 nitrogen and oxygen atoms in total. The maximum absolute atomic E-state index is 10.8. The Morgan fingerprint density at radius 2 is 2.42 bits per heavy atom. The van der Waals surface area contributed by atoms with Gasteiger partial charge in [0.25, 0.3) is 0 Å². The van der Waals surface area contributed by atoms with Crippen molar-refractivity contribution in [3.8, 4) is 0 Å². The zero-order valence-corrected chi connectivity index (χ0v) is 6.60. The molecule has 1 rings (SSSR count). The van der Waals surface area contributed by atoms with Crippen molar-refractivity contribution in [2.45, 2.75) is 5.92 Å². The molecule has 1 aromatic heterocycles. The maximum Gasteiger partial charge on any atom is 0.226 e. The number of hydrogen-bond acceptors (Lipinski definition) is 3. The van der Waals surface area contributed by atoms with E-state index in [1.54, 1.807) is 24.5 Å². The van der Waals surface area contributed by atoms with E-state index in [2.05, 4.69) is 4.98 Å². The second-order valence-corrected chi connectivity index (χ2v) is 2.48. The van der Waals surface area contributed by atoms with Gasteiger partial charge in [-0.1, -0.05) is 6.07 Å². The van der Waals surface area contributed by atoms with Crippen LogP contribution in [0, 0.1) is 0 Å². The van der Waals surface area contributed by atoms with Crippen LogP contribution in [-0.4, -0.2) is 17.4 Å². The summed E-state index contributed by atoms with van der Waals surface area (Å²) in [7, 11) is 0. The van der Waals surface area contributed by atoms with E-state index in [0.29, 0.717) is 0 Å². The highest BCUT2D eigenvalue weighted by molar-refractivity contribution is 5.82. The van der Waals surface area contributed by atoms with Crippen LogP contribution in [0.15, 0.2) is 24.5 Å². The molecule has 0 fully saturated rings. The van der Waals surface area contributed by atoms with Crippen molar-refractivity contribution < 1.29 is 4.79 Å². The number of carbonyl (C=O) groups is 1. The van der Waals surface area contributed by atoms with Gasteiger partial charge in [-0.05, 0) is 11.6 Å². The average molecular weight is 165 g/mol. The SMILES string of the molecule is NCC(C(N)=O)c1cccnc1. The van der Waals surface area contributed by atoms with Gasteiger partial charge in [0, 0.05) is 18.9 Å². The molecule has 0 aliphatic heterocycles. The van der Waals surface area contributed by atoms with Gasteiger partial charge in [-0.25, -0.2) is 0 Å². The van der Waals surface area contributed by atoms with E-state index in [4.69, 9.17) is 11.5 Å². The molecule has 12 heavy (non-hydrogen) atoms. The lowest BCUT2D eigenvalue weighted by atomic mass is 10.0. The minimum atomic E-state index is -0.418. The molecule has 1 aromatic rings. The predicted octanol–water partition coefficient (Wildman–Crippen LogP) is -0.391. The molecule has 0 saturated heterocycles. The summed E-state index contributed by atoms with van der Waals surface area (Å²) in [5, 5.41) is 0. The summed E-state index contributed by atoms with van der Waals surface area (Å²) in [5.74, 6) is -0.829. The number of rotatable bonds is 3. The van der Waals surface area contributed by atoms with Crippen LogP contribution in [0.3, 0.4) is 0 Å². The Bertz CT molecular complexity index is 260. The molecule has 0 radical (unpaired) electrons. The van der Waals surface area contributed by atoms with E-state index in [1.165, 1.54) is 0 Å². The molecule has 1 unspecified atom stereocenters. The number of aromatic nitrogens is 1. The normalized spacial score (nSPS) is 12.4. The molecule has 4 N–H and O–H groups in total. The number of pyridine rings is 1. The first-order valence-corrected chi connectivity index (χ1v) is 3.65. The highest BCUT2D eigenvalue weighted by Crippen LogP contribution is 2.11. The fourth-order valence-electron chi connectivity index (χ4n) is 0.999. The number of amides is 1. The predicted molar refractivity (Wildman–Crippen MR) is 45.2 cm³/mol. The van der Waals surface area contributed by atoms with Gasteiger partial charge in [-0.15, -0.1) is 0 Å². The summed E-state index contributed by atoms with van der Waals surface area (Å²) < 4.78 is 0. The summed E-state index contributed by atoms with van der Waals surface area (Å²) in [5.41, 5.74) is 11.3. The zero-order valence-electron chi connectivity index (χ0n) is 6.60. The quantitative estimate of drug-likeness (QED) is 0.639. The Hall–Kier alpha value is -1.42. The maximum atomic E-state index is 10.8. The number of nitrogens with two attached hydrogens (primary N) is 2. The van der Waals surface area contributed by atoms with E-state index in [1.807, 2.05) is 0 Å². The van der Waals surface area contributed by atoms with Crippen LogP contribution in [0.25, 0.3) is 0 Å². The van der Waals surface area contributed by atoms with Crippen molar-refractivity contribution in [1.82, 2.24) is 4.98 Å². The molecule has 1 amide bonds. The van der Waals surface area contributed by atoms with Gasteiger partial charge in [-0.3, -0.25) is 9.78 Å². The number of hydrogen-bond donors (Lipinski definition) is 2. The van der Waals surface area contributed by atoms with E-state index in [0.717, 1.165) is 5.56 Å². The minimum Gasteiger partial charge on any atom is -0.369 e. The highest BCUT2D eigenvalue weighted by Gasteiger charge is 2.14. The number of primary amides is 1. The zero-order chi connectivity index (χ0) is 8.97. The number of nitrogens with zero attached hydrogens (tertiary/aromatic N) is 1. The van der Waals surface area contributed by atoms with Crippen LogP contribution < -0.4 is 11.5 Å². The molecule has 1 heterocycles. The van der Waals surface area contributed by atoms with Crippen LogP contribution in [-0.2, 0) is 4.79 Å². The van der Waals surface area contributed by atoms with Crippen LogP contribution in [0.4, 0.5) is 0 Å². The van der Waals surface area contributed by atoms with Crippen LogP contribution in [0.1, 0.15) is 11.5 Å². The van der Waals surface area contributed by atoms with E-state index in [9.17, 15) is 4.79 Å². The van der Waals surface area contributed by atoms with Gasteiger partial charge < -0.3 is 11.5 Å². The molecular formula is C8H11N3O. The lowest BCUT2D eigenvalue weighted by Crippen LogP contribution is -2.27. The largest absolute Gasteiger partial charge is 0.369 e. The van der Waals surface area contributed by atoms with Crippen molar-refractivity contribution in [1.29, 1.82) is 0 Å². The summed E-state index contributed by atoms with van der Waals surface area (Å²) in [6, 6.07) is 3.54. The second-order valence-electron chi connectivity index (χ2n) is 2.48. The van der Waals surface area contributed by atoms with E-state index < -0.39 is 11.8 Å². The third-order valence-corrected chi connectivity index (χ3v) is 1.67. The minimum absolute atomic E-state index is 0.223. The van der Waals surface area contributed by atoms with Gasteiger partial charge in [-0.2, -0.15) is 0 Å². The molecule has 0 aliphatic carbocycles. The summed E-state index contributed by atoms with van der Waals surface area (Å²) in [6.45, 7) is 0.223. The lowest BCUT2D eigenvalue weighted by molar-refractivity contribution is -0.119. The average Bonchev–Trinajstić information content (AvgIpc) is 2.07. The van der Waals surface area contributed by atoms with Gasteiger partial charge >= 0.3 is 0 Å². The van der Waals surface area contributed by atoms with Gasteiger partial charge in [0.05, 0.1) is 5.92 Å². The third-order valence-electron chi connectivity index (χ3n) is 1.67. The third kappa shape index (κ3) is 1.79. The van der Waals surface area contributed by atoms with Gasteiger partial charge in [0.2, 0.25) is 5.91 Å². The Kier molecular flexibility index (Phi) is 2.76. The van der Waals surface area contributed by atoms with Crippen LogP contribution >= 0.6 is 0 Å². The van der Waals surface area contributed by atoms with Crippen molar-refractivity contribution >= 4 is 5.91 Å². The van der Waals surface area contributed by atoms with Crippen molar-refractivity contribution in [3.63, 3.8) is 0 Å². The molecule has 0 saturated carbocycles. The topological polar surface area (TPSA) is 82.0 Å². The van der Waals surface area contributed by atoms with Gasteiger partial charge in [0.1, 0.15) is 0 Å². The summed E-state index contributed by atoms with van der Waals surface area (Å²) >= 11 is 0. The van der Waals surface area contributed by atoms with Crippen molar-refractivity contribution in [2.75, 3.05) is 6.54 Å². The highest BCUT2D eigenvalue weighted by atomic mass is 16.1. The molecule has 0 aliphatic rings. The Labute approximate surface area is 70.6 Å². The van der Waals surface area contributed by atoms with Crippen molar-refractivity contribution in [2.24, 2.45) is 11.5 Å². The molecule has 0 aromatic carbocycles.